The Labute approximate surface area is 91.7 Å². The van der Waals surface area contributed by atoms with Crippen LogP contribution >= 0.6 is 0 Å². The molecule has 0 saturated carbocycles. The summed E-state index contributed by atoms with van der Waals surface area (Å²) in [5, 5.41) is 15.7. The quantitative estimate of drug-likeness (QED) is 0.628. The molecular formula is C9H12N6O. The number of carbonyl (C=O) groups excluding carboxylic acids is 1. The van der Waals surface area contributed by atoms with Crippen LogP contribution in [-0.4, -0.2) is 37.8 Å². The molecular weight excluding hydrogens is 208 g/mol. The lowest BCUT2D eigenvalue weighted by Gasteiger charge is -2.01. The highest BCUT2D eigenvalue weighted by Crippen LogP contribution is 1.92. The van der Waals surface area contributed by atoms with E-state index in [-0.39, 0.29) is 5.91 Å². The SMILES string of the molecule is O=C(Cc1ccn[nH]1)NCCc1ncn[nH]1. The highest BCUT2D eigenvalue weighted by molar-refractivity contribution is 5.77. The number of amides is 1. The Hall–Kier alpha value is -2.18. The Bertz CT molecular complexity index is 421. The van der Waals surface area contributed by atoms with Crippen LogP contribution in [-0.2, 0) is 17.6 Å². The van der Waals surface area contributed by atoms with E-state index in [1.165, 1.54) is 6.33 Å². The molecule has 0 atom stereocenters. The molecule has 16 heavy (non-hydrogen) atoms. The van der Waals surface area contributed by atoms with E-state index in [1.807, 2.05) is 0 Å². The fraction of sp³-hybridized carbons (Fsp3) is 0.333. The molecule has 2 rings (SSSR count). The van der Waals surface area contributed by atoms with Gasteiger partial charge in [-0.05, 0) is 6.07 Å². The van der Waals surface area contributed by atoms with Gasteiger partial charge in [0, 0.05) is 24.9 Å². The summed E-state index contributed by atoms with van der Waals surface area (Å²) in [6, 6.07) is 1.77. The van der Waals surface area contributed by atoms with Gasteiger partial charge >= 0.3 is 0 Å². The van der Waals surface area contributed by atoms with Gasteiger partial charge in [0.2, 0.25) is 5.91 Å². The zero-order valence-electron chi connectivity index (χ0n) is 8.60. The molecule has 0 radical (unpaired) electrons. The van der Waals surface area contributed by atoms with Gasteiger partial charge in [-0.3, -0.25) is 15.0 Å². The number of aromatic nitrogens is 5. The van der Waals surface area contributed by atoms with Crippen LogP contribution in [0.3, 0.4) is 0 Å². The molecule has 0 aliphatic heterocycles. The highest BCUT2D eigenvalue weighted by atomic mass is 16.1. The minimum Gasteiger partial charge on any atom is -0.355 e. The summed E-state index contributed by atoms with van der Waals surface area (Å²) in [5.41, 5.74) is 0.803. The van der Waals surface area contributed by atoms with E-state index in [2.05, 4.69) is 30.7 Å². The fourth-order valence-electron chi connectivity index (χ4n) is 1.29. The summed E-state index contributed by atoms with van der Waals surface area (Å²) in [5.74, 6) is 0.727. The van der Waals surface area contributed by atoms with Crippen molar-refractivity contribution in [3.05, 3.63) is 30.1 Å². The molecule has 2 aromatic rings. The van der Waals surface area contributed by atoms with Crippen LogP contribution in [0.25, 0.3) is 0 Å². The first kappa shape index (κ1) is 10.3. The number of hydrogen-bond donors (Lipinski definition) is 3. The van der Waals surface area contributed by atoms with Crippen LogP contribution in [0.2, 0.25) is 0 Å². The lowest BCUT2D eigenvalue weighted by molar-refractivity contribution is -0.120. The standard InChI is InChI=1S/C9H12N6O/c16-9(5-7-1-4-12-14-7)10-3-2-8-11-6-13-15-8/h1,4,6H,2-3,5H2,(H,10,16)(H,12,14)(H,11,13,15). The van der Waals surface area contributed by atoms with E-state index in [0.29, 0.717) is 19.4 Å². The van der Waals surface area contributed by atoms with E-state index < -0.39 is 0 Å². The molecule has 0 fully saturated rings. The monoisotopic (exact) mass is 220 g/mol. The molecule has 7 heteroatoms. The molecule has 0 aromatic carbocycles. The second kappa shape index (κ2) is 5.06. The van der Waals surface area contributed by atoms with Gasteiger partial charge in [0.1, 0.15) is 12.2 Å². The number of carbonyl (C=O) groups is 1. The summed E-state index contributed by atoms with van der Waals surface area (Å²) in [7, 11) is 0. The molecule has 1 amide bonds. The Morgan fingerprint density at radius 2 is 2.31 bits per heavy atom. The topological polar surface area (TPSA) is 99.3 Å². The number of H-pyrrole nitrogens is 2. The third-order valence-electron chi connectivity index (χ3n) is 2.06. The molecule has 0 unspecified atom stereocenters. The first-order valence-electron chi connectivity index (χ1n) is 4.94. The minimum atomic E-state index is -0.0382. The van der Waals surface area contributed by atoms with Crippen molar-refractivity contribution in [2.45, 2.75) is 12.8 Å². The Morgan fingerprint density at radius 3 is 3.00 bits per heavy atom. The van der Waals surface area contributed by atoms with Crippen molar-refractivity contribution in [3.8, 4) is 0 Å². The van der Waals surface area contributed by atoms with Crippen LogP contribution in [0.15, 0.2) is 18.6 Å². The molecule has 0 spiro atoms. The summed E-state index contributed by atoms with van der Waals surface area (Å²) >= 11 is 0. The van der Waals surface area contributed by atoms with Gasteiger partial charge in [-0.15, -0.1) is 0 Å². The van der Waals surface area contributed by atoms with Gasteiger partial charge < -0.3 is 5.32 Å². The van der Waals surface area contributed by atoms with Crippen LogP contribution in [0.4, 0.5) is 0 Å². The minimum absolute atomic E-state index is 0.0382. The first-order valence-corrected chi connectivity index (χ1v) is 4.94. The first-order chi connectivity index (χ1) is 7.84. The molecule has 84 valence electrons. The summed E-state index contributed by atoms with van der Waals surface area (Å²) in [6.07, 6.45) is 4.03. The second-order valence-electron chi connectivity index (χ2n) is 3.29. The Balaban J connectivity index is 1.68. The maximum Gasteiger partial charge on any atom is 0.226 e. The number of nitrogens with zero attached hydrogens (tertiary/aromatic N) is 3. The van der Waals surface area contributed by atoms with Gasteiger partial charge in [-0.1, -0.05) is 0 Å². The zero-order valence-corrected chi connectivity index (χ0v) is 8.60. The molecule has 0 bridgehead atoms. The summed E-state index contributed by atoms with van der Waals surface area (Å²) in [4.78, 5) is 15.4. The van der Waals surface area contributed by atoms with E-state index in [1.54, 1.807) is 12.3 Å². The van der Waals surface area contributed by atoms with Crippen LogP contribution in [0.1, 0.15) is 11.5 Å². The van der Waals surface area contributed by atoms with E-state index in [4.69, 9.17) is 0 Å². The average molecular weight is 220 g/mol. The van der Waals surface area contributed by atoms with Crippen LogP contribution < -0.4 is 5.32 Å². The number of nitrogens with one attached hydrogen (secondary N) is 3. The zero-order chi connectivity index (χ0) is 11.2. The van der Waals surface area contributed by atoms with Crippen molar-refractivity contribution in [2.24, 2.45) is 0 Å². The van der Waals surface area contributed by atoms with Gasteiger partial charge in [0.25, 0.3) is 0 Å². The van der Waals surface area contributed by atoms with Gasteiger partial charge in [0.05, 0.1) is 6.42 Å². The average Bonchev–Trinajstić information content (AvgIpc) is 2.90. The summed E-state index contributed by atoms with van der Waals surface area (Å²) in [6.45, 7) is 0.544. The van der Waals surface area contributed by atoms with Crippen molar-refractivity contribution < 1.29 is 4.79 Å². The van der Waals surface area contributed by atoms with Crippen LogP contribution in [0, 0.1) is 0 Å². The van der Waals surface area contributed by atoms with Crippen LogP contribution in [0.5, 0.6) is 0 Å². The van der Waals surface area contributed by atoms with Crippen molar-refractivity contribution in [1.82, 2.24) is 30.7 Å². The molecule has 0 aliphatic rings. The normalized spacial score (nSPS) is 10.2. The van der Waals surface area contributed by atoms with Crippen molar-refractivity contribution in [3.63, 3.8) is 0 Å². The molecule has 0 saturated heterocycles. The third-order valence-corrected chi connectivity index (χ3v) is 2.06. The third kappa shape index (κ3) is 2.91. The molecule has 2 aromatic heterocycles. The van der Waals surface area contributed by atoms with E-state index in [9.17, 15) is 4.79 Å². The van der Waals surface area contributed by atoms with Gasteiger partial charge in [0.15, 0.2) is 0 Å². The fourth-order valence-corrected chi connectivity index (χ4v) is 1.29. The largest absolute Gasteiger partial charge is 0.355 e. The molecule has 3 N–H and O–H groups in total. The highest BCUT2D eigenvalue weighted by Gasteiger charge is 2.04. The Kier molecular flexibility index (Phi) is 3.27. The molecule has 2 heterocycles. The number of aromatic amines is 2. The lowest BCUT2D eigenvalue weighted by Crippen LogP contribution is -2.27. The predicted molar refractivity (Wildman–Crippen MR) is 55.4 cm³/mol. The summed E-state index contributed by atoms with van der Waals surface area (Å²) < 4.78 is 0. The van der Waals surface area contributed by atoms with E-state index >= 15 is 0 Å². The lowest BCUT2D eigenvalue weighted by atomic mass is 10.3. The maximum absolute atomic E-state index is 11.4. The van der Waals surface area contributed by atoms with Gasteiger partial charge in [-0.2, -0.15) is 10.2 Å². The maximum atomic E-state index is 11.4. The van der Waals surface area contributed by atoms with Crippen molar-refractivity contribution in [1.29, 1.82) is 0 Å². The van der Waals surface area contributed by atoms with E-state index in [0.717, 1.165) is 11.5 Å². The smallest absolute Gasteiger partial charge is 0.226 e. The van der Waals surface area contributed by atoms with Gasteiger partial charge in [-0.25, -0.2) is 4.98 Å². The Morgan fingerprint density at radius 1 is 1.38 bits per heavy atom. The predicted octanol–water partition coefficient (Wildman–Crippen LogP) is -0.571. The number of rotatable bonds is 5. The number of hydrogen-bond acceptors (Lipinski definition) is 4. The van der Waals surface area contributed by atoms with Crippen molar-refractivity contribution in [2.75, 3.05) is 6.54 Å². The van der Waals surface area contributed by atoms with Crippen molar-refractivity contribution >= 4 is 5.91 Å². The second-order valence-corrected chi connectivity index (χ2v) is 3.29. The molecule has 0 aliphatic carbocycles. The molecule has 7 nitrogen and oxygen atoms in total.